The smallest absolute Gasteiger partial charge is 0.257 e. The van der Waals surface area contributed by atoms with Crippen LogP contribution in [0.25, 0.3) is 11.3 Å². The lowest BCUT2D eigenvalue weighted by Crippen LogP contribution is -2.34. The fourth-order valence-corrected chi connectivity index (χ4v) is 3.31. The van der Waals surface area contributed by atoms with Crippen molar-refractivity contribution in [3.8, 4) is 11.3 Å². The van der Waals surface area contributed by atoms with Crippen LogP contribution in [0.15, 0.2) is 54.6 Å². The Labute approximate surface area is 153 Å². The van der Waals surface area contributed by atoms with Gasteiger partial charge in [-0.1, -0.05) is 30.3 Å². The molecule has 0 spiro atoms. The van der Waals surface area contributed by atoms with Gasteiger partial charge in [0.05, 0.1) is 5.69 Å². The summed E-state index contributed by atoms with van der Waals surface area (Å²) in [7, 11) is 0. The first-order valence-electron chi connectivity index (χ1n) is 7.43. The van der Waals surface area contributed by atoms with Gasteiger partial charge in [-0.3, -0.25) is 10.1 Å². The zero-order valence-electron chi connectivity index (χ0n) is 13.2. The molecule has 25 heavy (non-hydrogen) atoms. The van der Waals surface area contributed by atoms with E-state index in [1.54, 1.807) is 0 Å². The number of anilines is 1. The van der Waals surface area contributed by atoms with E-state index in [1.165, 1.54) is 35.6 Å². The van der Waals surface area contributed by atoms with Crippen LogP contribution in [0.2, 0.25) is 0 Å². The van der Waals surface area contributed by atoms with Gasteiger partial charge in [0, 0.05) is 16.0 Å². The van der Waals surface area contributed by atoms with Crippen LogP contribution in [0.3, 0.4) is 0 Å². The van der Waals surface area contributed by atoms with Crippen molar-refractivity contribution in [1.29, 1.82) is 0 Å². The van der Waals surface area contributed by atoms with Gasteiger partial charge in [0.2, 0.25) is 0 Å². The molecule has 3 aromatic rings. The zero-order chi connectivity index (χ0) is 17.8. The van der Waals surface area contributed by atoms with Crippen molar-refractivity contribution < 1.29 is 9.18 Å². The number of carbonyl (C=O) groups is 1. The normalized spacial score (nSPS) is 10.3. The van der Waals surface area contributed by atoms with Crippen molar-refractivity contribution in [1.82, 2.24) is 10.3 Å². The number of nitrogens with zero attached hydrogens (tertiary/aromatic N) is 1. The minimum atomic E-state index is -0.408. The quantitative estimate of drug-likeness (QED) is 0.671. The molecule has 1 heterocycles. The summed E-state index contributed by atoms with van der Waals surface area (Å²) in [5.74, 6) is -0.807. The van der Waals surface area contributed by atoms with Crippen LogP contribution in [0.4, 0.5) is 9.52 Å². The molecular formula is C18H14FN3OS2. The maximum absolute atomic E-state index is 12.9. The van der Waals surface area contributed by atoms with Gasteiger partial charge in [-0.25, -0.2) is 9.37 Å². The maximum Gasteiger partial charge on any atom is 0.257 e. The Bertz CT molecular complexity index is 908. The van der Waals surface area contributed by atoms with Crippen molar-refractivity contribution in [2.75, 3.05) is 5.32 Å². The van der Waals surface area contributed by atoms with Crippen LogP contribution in [-0.4, -0.2) is 16.0 Å². The average molecular weight is 371 g/mol. The van der Waals surface area contributed by atoms with Gasteiger partial charge in [-0.2, -0.15) is 0 Å². The summed E-state index contributed by atoms with van der Waals surface area (Å²) in [6.07, 6.45) is 0. The van der Waals surface area contributed by atoms with Gasteiger partial charge in [0.15, 0.2) is 10.2 Å². The molecule has 4 nitrogen and oxygen atoms in total. The Hall–Kier alpha value is -2.64. The second-order valence-corrected chi connectivity index (χ2v) is 6.82. The summed E-state index contributed by atoms with van der Waals surface area (Å²) in [6.45, 7) is 1.98. The Morgan fingerprint density at radius 2 is 1.80 bits per heavy atom. The van der Waals surface area contributed by atoms with Crippen LogP contribution in [-0.2, 0) is 0 Å². The molecule has 0 atom stereocenters. The van der Waals surface area contributed by atoms with Gasteiger partial charge < -0.3 is 5.32 Å². The Morgan fingerprint density at radius 3 is 2.48 bits per heavy atom. The van der Waals surface area contributed by atoms with Gasteiger partial charge in [0.25, 0.3) is 5.91 Å². The number of thiazole rings is 1. The van der Waals surface area contributed by atoms with Crippen molar-refractivity contribution in [2.45, 2.75) is 6.92 Å². The fraction of sp³-hybridized carbons (Fsp3) is 0.0556. The number of amides is 1. The van der Waals surface area contributed by atoms with E-state index in [2.05, 4.69) is 15.6 Å². The topological polar surface area (TPSA) is 54.0 Å². The minimum Gasteiger partial charge on any atom is -0.308 e. The predicted octanol–water partition coefficient (Wildman–Crippen LogP) is 4.38. The molecule has 0 aliphatic heterocycles. The summed E-state index contributed by atoms with van der Waals surface area (Å²) in [5, 5.41) is 6.22. The molecule has 126 valence electrons. The number of rotatable bonds is 3. The highest BCUT2D eigenvalue weighted by atomic mass is 32.1. The monoisotopic (exact) mass is 371 g/mol. The molecule has 3 rings (SSSR count). The summed E-state index contributed by atoms with van der Waals surface area (Å²) >= 11 is 6.61. The van der Waals surface area contributed by atoms with E-state index in [9.17, 15) is 9.18 Å². The van der Waals surface area contributed by atoms with E-state index in [-0.39, 0.29) is 5.11 Å². The van der Waals surface area contributed by atoms with E-state index in [4.69, 9.17) is 12.2 Å². The number of aromatic nitrogens is 1. The summed E-state index contributed by atoms with van der Waals surface area (Å²) in [4.78, 5) is 17.6. The number of hydrogen-bond donors (Lipinski definition) is 2. The highest BCUT2D eigenvalue weighted by Crippen LogP contribution is 2.30. The highest BCUT2D eigenvalue weighted by molar-refractivity contribution is 7.80. The first-order chi connectivity index (χ1) is 12.0. The van der Waals surface area contributed by atoms with Crippen molar-refractivity contribution in [3.63, 3.8) is 0 Å². The maximum atomic E-state index is 12.9. The highest BCUT2D eigenvalue weighted by Gasteiger charge is 2.12. The van der Waals surface area contributed by atoms with Crippen LogP contribution >= 0.6 is 23.6 Å². The largest absolute Gasteiger partial charge is 0.308 e. The van der Waals surface area contributed by atoms with Crippen molar-refractivity contribution in [3.05, 3.63) is 70.9 Å². The van der Waals surface area contributed by atoms with Crippen molar-refractivity contribution in [2.24, 2.45) is 0 Å². The molecule has 1 aromatic heterocycles. The second-order valence-electron chi connectivity index (χ2n) is 5.20. The summed E-state index contributed by atoms with van der Waals surface area (Å²) in [5.41, 5.74) is 2.22. The first-order valence-corrected chi connectivity index (χ1v) is 8.66. The summed E-state index contributed by atoms with van der Waals surface area (Å²) < 4.78 is 12.9. The van der Waals surface area contributed by atoms with E-state index in [0.717, 1.165) is 16.1 Å². The average Bonchev–Trinajstić information content (AvgIpc) is 2.96. The molecule has 7 heteroatoms. The predicted molar refractivity (Wildman–Crippen MR) is 102 cm³/mol. The lowest BCUT2D eigenvalue weighted by molar-refractivity contribution is 0.0977. The van der Waals surface area contributed by atoms with Crippen molar-refractivity contribution >= 4 is 39.7 Å². The van der Waals surface area contributed by atoms with Gasteiger partial charge >= 0.3 is 0 Å². The van der Waals surface area contributed by atoms with Gasteiger partial charge in [-0.05, 0) is 43.4 Å². The minimum absolute atomic E-state index is 0.141. The third kappa shape index (κ3) is 4.26. The number of carbonyl (C=O) groups excluding carboxylic acids is 1. The molecule has 2 N–H and O–H groups in total. The standard InChI is InChI=1S/C18H14FN3OS2/c1-11-15(12-5-3-2-4-6-12)20-18(25-11)22-17(24)21-16(23)13-7-9-14(19)10-8-13/h2-10H,1H3,(H2,20,21,22,23,24). The molecule has 0 bridgehead atoms. The molecule has 1 amide bonds. The Kier molecular flexibility index (Phi) is 5.16. The van der Waals surface area contributed by atoms with Crippen LogP contribution < -0.4 is 10.6 Å². The Morgan fingerprint density at radius 1 is 1.12 bits per heavy atom. The fourth-order valence-electron chi connectivity index (χ4n) is 2.22. The lowest BCUT2D eigenvalue weighted by atomic mass is 10.1. The third-order valence-corrected chi connectivity index (χ3v) is 4.49. The zero-order valence-corrected chi connectivity index (χ0v) is 14.9. The van der Waals surface area contributed by atoms with Crippen LogP contribution in [0.5, 0.6) is 0 Å². The molecule has 0 saturated heterocycles. The number of benzene rings is 2. The number of hydrogen-bond acceptors (Lipinski definition) is 4. The third-order valence-electron chi connectivity index (χ3n) is 3.40. The SMILES string of the molecule is Cc1sc(NC(=S)NC(=O)c2ccc(F)cc2)nc1-c1ccccc1. The van der Waals surface area contributed by atoms with Gasteiger partial charge in [0.1, 0.15) is 5.82 Å². The van der Waals surface area contributed by atoms with E-state index >= 15 is 0 Å². The summed E-state index contributed by atoms with van der Waals surface area (Å²) in [6, 6.07) is 15.1. The van der Waals surface area contributed by atoms with E-state index < -0.39 is 11.7 Å². The molecular weight excluding hydrogens is 357 g/mol. The molecule has 0 saturated carbocycles. The second kappa shape index (κ2) is 7.50. The lowest BCUT2D eigenvalue weighted by Gasteiger charge is -2.07. The van der Waals surface area contributed by atoms with Crippen LogP contribution in [0.1, 0.15) is 15.2 Å². The number of aryl methyl sites for hydroxylation is 1. The molecule has 0 aliphatic carbocycles. The molecule has 0 unspecified atom stereocenters. The van der Waals surface area contributed by atoms with Crippen LogP contribution in [0, 0.1) is 12.7 Å². The molecule has 2 aromatic carbocycles. The van der Waals surface area contributed by atoms with Gasteiger partial charge in [-0.15, -0.1) is 11.3 Å². The number of thiocarbonyl (C=S) groups is 1. The number of nitrogens with one attached hydrogen (secondary N) is 2. The number of halogens is 1. The Balaban J connectivity index is 1.67. The molecule has 0 fully saturated rings. The molecule has 0 radical (unpaired) electrons. The first kappa shape index (κ1) is 17.2. The van der Waals surface area contributed by atoms with E-state index in [1.807, 2.05) is 37.3 Å². The molecule has 0 aliphatic rings. The van der Waals surface area contributed by atoms with E-state index in [0.29, 0.717) is 10.7 Å².